The van der Waals surface area contributed by atoms with Crippen molar-refractivity contribution in [3.05, 3.63) is 75.8 Å². The Labute approximate surface area is 218 Å². The number of fused-ring (bicyclic) bond motifs is 5. The van der Waals surface area contributed by atoms with E-state index in [4.69, 9.17) is 4.74 Å². The smallest absolute Gasteiger partial charge is 0.330 e. The zero-order valence-corrected chi connectivity index (χ0v) is 21.7. The minimum atomic E-state index is -1.12. The number of nitrogens with one attached hydrogen (secondary N) is 1. The zero-order valence-electron chi connectivity index (χ0n) is 20.1. The summed E-state index contributed by atoms with van der Waals surface area (Å²) in [5, 5.41) is 2.77. The first kappa shape index (κ1) is 24.4. The van der Waals surface area contributed by atoms with E-state index in [0.717, 1.165) is 32.5 Å². The summed E-state index contributed by atoms with van der Waals surface area (Å²) in [5.41, 5.74) is 3.31. The van der Waals surface area contributed by atoms with Gasteiger partial charge in [-0.3, -0.25) is 19.3 Å². The standard InChI is InChI=1S/C28H27BrN2O5/c1-15-16(2)21(11-10-20(15)29)30-23(32)14-36-28(35)22(12-17-6-4-3-5-7-17)31-26(33)24-18-8-9-19(13-18)25(24)27(31)34/h3-11,18-19,22,24-25H,12-14H2,1-2H3,(H,30,32)/t18-,19-,22-,24+,25+/m0/s1. The quantitative estimate of drug-likeness (QED) is 0.320. The summed E-state index contributed by atoms with van der Waals surface area (Å²) >= 11 is 3.46. The van der Waals surface area contributed by atoms with Crippen LogP contribution in [0.15, 0.2) is 59.1 Å². The number of nitrogens with zero attached hydrogens (tertiary/aromatic N) is 1. The molecule has 1 saturated heterocycles. The van der Waals surface area contributed by atoms with Gasteiger partial charge in [0.25, 0.3) is 5.91 Å². The van der Waals surface area contributed by atoms with Crippen molar-refractivity contribution in [3.63, 3.8) is 0 Å². The molecule has 0 unspecified atom stereocenters. The molecule has 3 amide bonds. The average molecular weight is 551 g/mol. The lowest BCUT2D eigenvalue weighted by atomic mass is 9.85. The van der Waals surface area contributed by atoms with Crippen molar-refractivity contribution in [2.24, 2.45) is 23.7 Å². The monoisotopic (exact) mass is 550 g/mol. The molecule has 0 spiro atoms. The van der Waals surface area contributed by atoms with Gasteiger partial charge in [0.15, 0.2) is 6.61 Å². The van der Waals surface area contributed by atoms with E-state index in [1.165, 1.54) is 0 Å². The molecule has 2 aromatic rings. The van der Waals surface area contributed by atoms with Crippen LogP contribution in [0.2, 0.25) is 0 Å². The Hall–Kier alpha value is -3.26. The van der Waals surface area contributed by atoms with E-state index in [2.05, 4.69) is 21.2 Å². The fourth-order valence-electron chi connectivity index (χ4n) is 5.69. The van der Waals surface area contributed by atoms with Crippen LogP contribution in [0.5, 0.6) is 0 Å². The number of anilines is 1. The van der Waals surface area contributed by atoms with Gasteiger partial charge in [0, 0.05) is 16.6 Å². The molecule has 186 valence electrons. The second kappa shape index (κ2) is 9.65. The maximum absolute atomic E-state index is 13.4. The molecule has 2 bridgehead atoms. The largest absolute Gasteiger partial charge is 0.454 e. The SMILES string of the molecule is Cc1c(Br)ccc(NC(=O)COC(=O)[C@H](Cc2ccccc2)N2C(=O)[C@H]3[C@H](C2=O)[C@H]2C=C[C@H]3C2)c1C. The van der Waals surface area contributed by atoms with Gasteiger partial charge in [0.1, 0.15) is 6.04 Å². The summed E-state index contributed by atoms with van der Waals surface area (Å²) in [6.45, 7) is 3.31. The first-order valence-corrected chi connectivity index (χ1v) is 12.9. The number of ether oxygens (including phenoxy) is 1. The first-order valence-electron chi connectivity index (χ1n) is 12.1. The van der Waals surface area contributed by atoms with E-state index in [1.54, 1.807) is 6.07 Å². The van der Waals surface area contributed by atoms with E-state index < -0.39 is 36.4 Å². The van der Waals surface area contributed by atoms with E-state index in [0.29, 0.717) is 5.69 Å². The number of carbonyl (C=O) groups is 4. The van der Waals surface area contributed by atoms with Gasteiger partial charge in [-0.05, 0) is 60.9 Å². The molecule has 1 N–H and O–H groups in total. The van der Waals surface area contributed by atoms with Gasteiger partial charge in [-0.1, -0.05) is 58.4 Å². The lowest BCUT2D eigenvalue weighted by Gasteiger charge is -2.26. The Morgan fingerprint density at radius 1 is 1.00 bits per heavy atom. The van der Waals surface area contributed by atoms with E-state index in [-0.39, 0.29) is 30.1 Å². The fourth-order valence-corrected chi connectivity index (χ4v) is 6.12. The van der Waals surface area contributed by atoms with Crippen molar-refractivity contribution in [3.8, 4) is 0 Å². The second-order valence-corrected chi connectivity index (χ2v) is 10.6. The van der Waals surface area contributed by atoms with Gasteiger partial charge < -0.3 is 10.1 Å². The molecule has 0 aromatic heterocycles. The number of imide groups is 1. The number of allylic oxidation sites excluding steroid dienone is 2. The number of esters is 1. The summed E-state index contributed by atoms with van der Waals surface area (Å²) in [6, 6.07) is 11.7. The molecule has 1 aliphatic heterocycles. The summed E-state index contributed by atoms with van der Waals surface area (Å²) < 4.78 is 6.31. The van der Waals surface area contributed by atoms with Crippen LogP contribution in [0.4, 0.5) is 5.69 Å². The third-order valence-electron chi connectivity index (χ3n) is 7.70. The molecular weight excluding hydrogens is 524 g/mol. The van der Waals surface area contributed by atoms with Crippen LogP contribution < -0.4 is 5.32 Å². The topological polar surface area (TPSA) is 92.8 Å². The van der Waals surface area contributed by atoms with E-state index in [9.17, 15) is 19.2 Å². The molecule has 5 atom stereocenters. The summed E-state index contributed by atoms with van der Waals surface area (Å²) in [7, 11) is 0. The number of rotatable bonds is 7. The maximum atomic E-state index is 13.4. The lowest BCUT2D eigenvalue weighted by molar-refractivity contribution is -0.160. The number of halogens is 1. The molecule has 1 heterocycles. The van der Waals surface area contributed by atoms with Crippen molar-refractivity contribution >= 4 is 45.3 Å². The highest BCUT2D eigenvalue weighted by molar-refractivity contribution is 9.10. The Bertz CT molecular complexity index is 1240. The van der Waals surface area contributed by atoms with Gasteiger partial charge in [-0.15, -0.1) is 0 Å². The molecule has 1 saturated carbocycles. The van der Waals surface area contributed by atoms with Crippen molar-refractivity contribution in [2.75, 3.05) is 11.9 Å². The molecule has 2 aromatic carbocycles. The van der Waals surface area contributed by atoms with E-state index >= 15 is 0 Å². The third kappa shape index (κ3) is 4.28. The normalized spacial score (nSPS) is 24.7. The second-order valence-electron chi connectivity index (χ2n) is 9.75. The number of hydrogen-bond donors (Lipinski definition) is 1. The van der Waals surface area contributed by atoms with E-state index in [1.807, 2.05) is 62.4 Å². The number of benzene rings is 2. The molecule has 36 heavy (non-hydrogen) atoms. The fraction of sp³-hybridized carbons (Fsp3) is 0.357. The summed E-state index contributed by atoms with van der Waals surface area (Å²) in [5.74, 6) is -2.63. The predicted molar refractivity (Wildman–Crippen MR) is 137 cm³/mol. The van der Waals surface area contributed by atoms with Crippen LogP contribution in [0.1, 0.15) is 23.1 Å². The number of carbonyl (C=O) groups excluding carboxylic acids is 4. The zero-order chi connectivity index (χ0) is 25.6. The van der Waals surface area contributed by atoms with Crippen LogP contribution in [0.3, 0.4) is 0 Å². The molecule has 3 aliphatic rings. The van der Waals surface area contributed by atoms with Crippen LogP contribution in [0.25, 0.3) is 0 Å². The van der Waals surface area contributed by atoms with Crippen LogP contribution >= 0.6 is 15.9 Å². The van der Waals surface area contributed by atoms with Gasteiger partial charge in [-0.2, -0.15) is 0 Å². The summed E-state index contributed by atoms with van der Waals surface area (Å²) in [4.78, 5) is 53.7. The minimum Gasteiger partial charge on any atom is -0.454 e. The highest BCUT2D eigenvalue weighted by atomic mass is 79.9. The van der Waals surface area contributed by atoms with Gasteiger partial charge in [0.05, 0.1) is 11.8 Å². The maximum Gasteiger partial charge on any atom is 0.330 e. The van der Waals surface area contributed by atoms with Crippen LogP contribution in [0, 0.1) is 37.5 Å². The average Bonchev–Trinajstić information content (AvgIpc) is 3.56. The van der Waals surface area contributed by atoms with Crippen molar-refractivity contribution in [1.29, 1.82) is 0 Å². The Kier molecular flexibility index (Phi) is 6.55. The molecule has 7 nitrogen and oxygen atoms in total. The van der Waals surface area contributed by atoms with Crippen LogP contribution in [-0.4, -0.2) is 41.2 Å². The molecule has 2 aliphatic carbocycles. The Balaban J connectivity index is 1.32. The van der Waals surface area contributed by atoms with Gasteiger partial charge in [-0.25, -0.2) is 4.79 Å². The number of likely N-dealkylation sites (tertiary alicyclic amines) is 1. The predicted octanol–water partition coefficient (Wildman–Crippen LogP) is 3.97. The van der Waals surface area contributed by atoms with Gasteiger partial charge in [0.2, 0.25) is 11.8 Å². The Morgan fingerprint density at radius 2 is 1.64 bits per heavy atom. The number of hydrogen-bond acceptors (Lipinski definition) is 5. The highest BCUT2D eigenvalue weighted by Gasteiger charge is 2.61. The lowest BCUT2D eigenvalue weighted by Crippen LogP contribution is -2.48. The molecular formula is C28H27BrN2O5. The number of amides is 3. The highest BCUT2D eigenvalue weighted by Crippen LogP contribution is 2.53. The molecule has 8 heteroatoms. The summed E-state index contributed by atoms with van der Waals surface area (Å²) in [6.07, 6.45) is 4.97. The minimum absolute atomic E-state index is 0.0400. The van der Waals surface area contributed by atoms with Crippen LogP contribution in [-0.2, 0) is 30.3 Å². The first-order chi connectivity index (χ1) is 17.3. The molecule has 5 rings (SSSR count). The van der Waals surface area contributed by atoms with Gasteiger partial charge >= 0.3 is 5.97 Å². The third-order valence-corrected chi connectivity index (χ3v) is 8.56. The molecule has 2 fully saturated rings. The van der Waals surface area contributed by atoms with Crippen molar-refractivity contribution in [1.82, 2.24) is 4.90 Å². The van der Waals surface area contributed by atoms with Crippen molar-refractivity contribution in [2.45, 2.75) is 32.7 Å². The Morgan fingerprint density at radius 3 is 2.28 bits per heavy atom. The van der Waals surface area contributed by atoms with Crippen molar-refractivity contribution < 1.29 is 23.9 Å². The molecule has 0 radical (unpaired) electrons.